The fraction of sp³-hybridized carbons (Fsp3) is 0.481. The van der Waals surface area contributed by atoms with Crippen LogP contribution in [0.1, 0.15) is 61.4 Å². The van der Waals surface area contributed by atoms with Gasteiger partial charge in [0.05, 0.1) is 12.6 Å². The SMILES string of the molecule is Cc1cc(OCC(=O)OCCNC(=O)C(N)C(C)C)cc(C)c1Cc1ccc(O)c(C(C)C)c1. The standard InChI is InChI=1S/C27H38N2O5/c1-16(2)22-13-20(7-8-24(22)30)14-23-18(5)11-21(12-19(23)6)34-15-25(31)33-10-9-29-27(32)26(28)17(3)4/h7-8,11-13,16-17,26,30H,9-10,14-15,28H2,1-6H3,(H,29,32). The maximum Gasteiger partial charge on any atom is 0.344 e. The Morgan fingerprint density at radius 1 is 1.06 bits per heavy atom. The lowest BCUT2D eigenvalue weighted by Crippen LogP contribution is -2.45. The number of aromatic hydroxyl groups is 1. The van der Waals surface area contributed by atoms with Gasteiger partial charge in [-0.05, 0) is 78.1 Å². The van der Waals surface area contributed by atoms with Crippen LogP contribution in [-0.4, -0.2) is 42.8 Å². The van der Waals surface area contributed by atoms with E-state index in [1.54, 1.807) is 6.07 Å². The van der Waals surface area contributed by atoms with Crippen LogP contribution in [0.2, 0.25) is 0 Å². The number of ether oxygens (including phenoxy) is 2. The van der Waals surface area contributed by atoms with Crippen molar-refractivity contribution in [3.63, 3.8) is 0 Å². The molecule has 186 valence electrons. The first-order chi connectivity index (χ1) is 16.0. The summed E-state index contributed by atoms with van der Waals surface area (Å²) in [6.07, 6.45) is 0.742. The summed E-state index contributed by atoms with van der Waals surface area (Å²) in [5, 5.41) is 12.7. The van der Waals surface area contributed by atoms with Crippen LogP contribution in [-0.2, 0) is 20.7 Å². The molecule has 0 aliphatic heterocycles. The molecule has 0 saturated carbocycles. The number of carbonyl (C=O) groups is 2. The Balaban J connectivity index is 1.88. The van der Waals surface area contributed by atoms with E-state index < -0.39 is 12.0 Å². The van der Waals surface area contributed by atoms with Gasteiger partial charge in [-0.15, -0.1) is 0 Å². The zero-order chi connectivity index (χ0) is 25.4. The van der Waals surface area contributed by atoms with Crippen molar-refractivity contribution in [1.82, 2.24) is 5.32 Å². The van der Waals surface area contributed by atoms with Crippen LogP contribution in [0.4, 0.5) is 0 Å². The van der Waals surface area contributed by atoms with Gasteiger partial charge >= 0.3 is 5.97 Å². The third-order valence-corrected chi connectivity index (χ3v) is 5.81. The van der Waals surface area contributed by atoms with Crippen molar-refractivity contribution >= 4 is 11.9 Å². The van der Waals surface area contributed by atoms with Gasteiger partial charge in [0, 0.05) is 0 Å². The summed E-state index contributed by atoms with van der Waals surface area (Å²) in [6, 6.07) is 8.99. The largest absolute Gasteiger partial charge is 0.508 e. The predicted molar refractivity (Wildman–Crippen MR) is 133 cm³/mol. The summed E-state index contributed by atoms with van der Waals surface area (Å²) < 4.78 is 10.8. The Labute approximate surface area is 202 Å². The minimum atomic E-state index is -0.584. The molecule has 0 heterocycles. The van der Waals surface area contributed by atoms with E-state index in [1.807, 2.05) is 45.9 Å². The summed E-state index contributed by atoms with van der Waals surface area (Å²) in [5.41, 5.74) is 11.1. The van der Waals surface area contributed by atoms with Crippen LogP contribution < -0.4 is 15.8 Å². The highest BCUT2D eigenvalue weighted by molar-refractivity contribution is 5.81. The van der Waals surface area contributed by atoms with Crippen molar-refractivity contribution in [2.75, 3.05) is 19.8 Å². The second-order valence-electron chi connectivity index (χ2n) is 9.33. The number of nitrogens with two attached hydrogens (primary N) is 1. The van der Waals surface area contributed by atoms with Crippen LogP contribution in [0, 0.1) is 19.8 Å². The van der Waals surface area contributed by atoms with Gasteiger partial charge in [-0.25, -0.2) is 4.79 Å². The van der Waals surface area contributed by atoms with Gasteiger partial charge in [-0.1, -0.05) is 39.8 Å². The Kier molecular flexibility index (Phi) is 9.93. The van der Waals surface area contributed by atoms with E-state index >= 15 is 0 Å². The maximum atomic E-state index is 12.0. The molecule has 0 aromatic heterocycles. The zero-order valence-corrected chi connectivity index (χ0v) is 21.1. The fourth-order valence-corrected chi connectivity index (χ4v) is 3.64. The van der Waals surface area contributed by atoms with Gasteiger partial charge < -0.3 is 25.6 Å². The van der Waals surface area contributed by atoms with Crippen molar-refractivity contribution in [3.8, 4) is 11.5 Å². The lowest BCUT2D eigenvalue weighted by atomic mass is 9.93. The molecular weight excluding hydrogens is 432 g/mol. The average Bonchev–Trinajstić information content (AvgIpc) is 2.77. The number of esters is 1. The van der Waals surface area contributed by atoms with Gasteiger partial charge in [0.1, 0.15) is 18.1 Å². The van der Waals surface area contributed by atoms with Gasteiger partial charge in [-0.3, -0.25) is 4.79 Å². The Morgan fingerprint density at radius 2 is 1.71 bits per heavy atom. The lowest BCUT2D eigenvalue weighted by Gasteiger charge is -2.16. The van der Waals surface area contributed by atoms with Gasteiger partial charge in [0.15, 0.2) is 6.61 Å². The second-order valence-corrected chi connectivity index (χ2v) is 9.33. The van der Waals surface area contributed by atoms with E-state index in [0.29, 0.717) is 11.5 Å². The van der Waals surface area contributed by atoms with Crippen molar-refractivity contribution < 1.29 is 24.2 Å². The quantitative estimate of drug-likeness (QED) is 0.341. The van der Waals surface area contributed by atoms with Crippen molar-refractivity contribution in [1.29, 1.82) is 0 Å². The van der Waals surface area contributed by atoms with Gasteiger partial charge in [-0.2, -0.15) is 0 Å². The Morgan fingerprint density at radius 3 is 2.29 bits per heavy atom. The molecule has 7 heteroatoms. The molecule has 0 aliphatic carbocycles. The van der Waals surface area contributed by atoms with Crippen LogP contribution in [0.5, 0.6) is 11.5 Å². The second kappa shape index (κ2) is 12.4. The molecule has 0 saturated heterocycles. The van der Waals surface area contributed by atoms with Crippen molar-refractivity contribution in [3.05, 3.63) is 58.1 Å². The Bertz CT molecular complexity index is 978. The first kappa shape index (κ1) is 27.2. The number of carbonyl (C=O) groups excluding carboxylic acids is 2. The molecule has 2 aromatic rings. The van der Waals surface area contributed by atoms with E-state index in [2.05, 4.69) is 25.2 Å². The topological polar surface area (TPSA) is 111 Å². The van der Waals surface area contributed by atoms with Crippen molar-refractivity contribution in [2.24, 2.45) is 11.7 Å². The molecule has 2 rings (SSSR count). The number of hydrogen-bond acceptors (Lipinski definition) is 6. The van der Waals surface area contributed by atoms with E-state index in [1.165, 1.54) is 5.56 Å². The monoisotopic (exact) mass is 470 g/mol. The van der Waals surface area contributed by atoms with Gasteiger partial charge in [0.25, 0.3) is 0 Å². The first-order valence-electron chi connectivity index (χ1n) is 11.7. The smallest absolute Gasteiger partial charge is 0.344 e. The molecule has 1 atom stereocenters. The number of rotatable bonds is 11. The molecule has 0 bridgehead atoms. The number of hydrogen-bond donors (Lipinski definition) is 3. The number of phenols is 1. The molecule has 1 amide bonds. The third kappa shape index (κ3) is 7.76. The minimum Gasteiger partial charge on any atom is -0.508 e. The first-order valence-corrected chi connectivity index (χ1v) is 11.7. The van der Waals surface area contributed by atoms with E-state index in [9.17, 15) is 14.7 Å². The Hall–Kier alpha value is -3.06. The van der Waals surface area contributed by atoms with E-state index in [-0.39, 0.29) is 37.5 Å². The van der Waals surface area contributed by atoms with Crippen LogP contribution >= 0.6 is 0 Å². The molecule has 0 radical (unpaired) electrons. The van der Waals surface area contributed by atoms with Gasteiger partial charge in [0.2, 0.25) is 5.91 Å². The number of aryl methyl sites for hydroxylation is 2. The van der Waals surface area contributed by atoms with Crippen LogP contribution in [0.15, 0.2) is 30.3 Å². The molecule has 0 fully saturated rings. The zero-order valence-electron chi connectivity index (χ0n) is 21.1. The number of benzene rings is 2. The third-order valence-electron chi connectivity index (χ3n) is 5.81. The van der Waals surface area contributed by atoms with Crippen LogP contribution in [0.3, 0.4) is 0 Å². The molecule has 34 heavy (non-hydrogen) atoms. The highest BCUT2D eigenvalue weighted by atomic mass is 16.6. The molecule has 7 nitrogen and oxygen atoms in total. The minimum absolute atomic E-state index is 0.0350. The highest BCUT2D eigenvalue weighted by Gasteiger charge is 2.16. The maximum absolute atomic E-state index is 12.0. The highest BCUT2D eigenvalue weighted by Crippen LogP contribution is 2.29. The summed E-state index contributed by atoms with van der Waals surface area (Å²) in [7, 11) is 0. The molecule has 0 aliphatic rings. The van der Waals surface area contributed by atoms with Crippen LogP contribution in [0.25, 0.3) is 0 Å². The van der Waals surface area contributed by atoms with E-state index in [4.69, 9.17) is 15.2 Å². The number of phenolic OH excluding ortho intramolecular Hbond substituents is 1. The summed E-state index contributed by atoms with van der Waals surface area (Å²) in [4.78, 5) is 23.8. The lowest BCUT2D eigenvalue weighted by molar-refractivity contribution is -0.146. The normalized spacial score (nSPS) is 12.0. The number of nitrogens with one attached hydrogen (secondary N) is 1. The molecule has 4 N–H and O–H groups in total. The molecule has 1 unspecified atom stereocenters. The molecule has 0 spiro atoms. The predicted octanol–water partition coefficient (Wildman–Crippen LogP) is 3.74. The fourth-order valence-electron chi connectivity index (χ4n) is 3.64. The summed E-state index contributed by atoms with van der Waals surface area (Å²) >= 11 is 0. The molecular formula is C27H38N2O5. The summed E-state index contributed by atoms with van der Waals surface area (Å²) in [6.45, 7) is 11.9. The molecule has 2 aromatic carbocycles. The van der Waals surface area contributed by atoms with E-state index in [0.717, 1.165) is 28.7 Å². The van der Waals surface area contributed by atoms with Crippen molar-refractivity contribution in [2.45, 2.75) is 59.9 Å². The average molecular weight is 471 g/mol. The summed E-state index contributed by atoms with van der Waals surface area (Å²) in [5.74, 6) is 0.428. The number of amides is 1.